The topological polar surface area (TPSA) is 64.8 Å². The van der Waals surface area contributed by atoms with E-state index in [9.17, 15) is 4.79 Å². The highest BCUT2D eigenvalue weighted by atomic mass is 32.2. The summed E-state index contributed by atoms with van der Waals surface area (Å²) in [6.45, 7) is 5.52. The molecule has 2 N–H and O–H groups in total. The molecule has 5 nitrogen and oxygen atoms in total. The van der Waals surface area contributed by atoms with Crippen LogP contribution in [-0.4, -0.2) is 46.6 Å². The fourth-order valence-electron chi connectivity index (χ4n) is 3.85. The Morgan fingerprint density at radius 1 is 1.16 bits per heavy atom. The van der Waals surface area contributed by atoms with E-state index >= 15 is 0 Å². The second kappa shape index (κ2) is 11.6. The van der Waals surface area contributed by atoms with Crippen molar-refractivity contribution in [1.29, 1.82) is 0 Å². The molecule has 0 aromatic heterocycles. The minimum atomic E-state index is -0.0219. The summed E-state index contributed by atoms with van der Waals surface area (Å²) in [5, 5.41) is 0. The normalized spacial score (nSPS) is 16.0. The van der Waals surface area contributed by atoms with Crippen molar-refractivity contribution in [3.05, 3.63) is 53.6 Å². The van der Waals surface area contributed by atoms with Gasteiger partial charge in [0.25, 0.3) is 5.91 Å². The van der Waals surface area contributed by atoms with Gasteiger partial charge < -0.3 is 20.1 Å². The number of ether oxygens (including phenoxy) is 2. The van der Waals surface area contributed by atoms with Gasteiger partial charge in [0.2, 0.25) is 0 Å². The highest BCUT2D eigenvalue weighted by Gasteiger charge is 2.36. The van der Waals surface area contributed by atoms with Crippen LogP contribution in [0.4, 0.5) is 5.69 Å². The third kappa shape index (κ3) is 5.83. The van der Waals surface area contributed by atoms with Gasteiger partial charge in [0.1, 0.15) is 6.61 Å². The Morgan fingerprint density at radius 2 is 1.87 bits per heavy atom. The maximum Gasteiger partial charge on any atom is 0.256 e. The van der Waals surface area contributed by atoms with Crippen molar-refractivity contribution in [2.75, 3.05) is 30.9 Å². The fourth-order valence-corrected chi connectivity index (χ4v) is 6.72. The van der Waals surface area contributed by atoms with Gasteiger partial charge in [-0.2, -0.15) is 0 Å². The molecule has 0 unspecified atom stereocenters. The second-order valence-electron chi connectivity index (χ2n) is 7.35. The number of carbonyl (C=O) groups excluding carboxylic acids is 1. The van der Waals surface area contributed by atoms with Gasteiger partial charge in [-0.15, -0.1) is 23.5 Å². The first-order chi connectivity index (χ1) is 15.1. The largest absolute Gasteiger partial charge is 0.493 e. The number of likely N-dealkylation sites (tertiary alicyclic amines) is 1. The number of benzene rings is 2. The molecule has 0 spiro atoms. The molecule has 1 aliphatic rings. The molecule has 1 amide bonds. The first-order valence-corrected chi connectivity index (χ1v) is 12.9. The van der Waals surface area contributed by atoms with Crippen LogP contribution in [0.3, 0.4) is 0 Å². The van der Waals surface area contributed by atoms with Crippen LogP contribution in [0.5, 0.6) is 11.5 Å². The number of carbonyl (C=O) groups is 1. The van der Waals surface area contributed by atoms with E-state index < -0.39 is 0 Å². The lowest BCUT2D eigenvalue weighted by molar-refractivity contribution is 0.0746. The minimum absolute atomic E-state index is 0.0219. The van der Waals surface area contributed by atoms with Crippen molar-refractivity contribution in [1.82, 2.24) is 4.90 Å². The first-order valence-electron chi connectivity index (χ1n) is 10.8. The van der Waals surface area contributed by atoms with Gasteiger partial charge in [0, 0.05) is 18.3 Å². The van der Waals surface area contributed by atoms with E-state index in [0.717, 1.165) is 36.5 Å². The molecular weight excluding hydrogens is 428 g/mol. The van der Waals surface area contributed by atoms with Crippen molar-refractivity contribution in [3.63, 3.8) is 0 Å². The first kappa shape index (κ1) is 23.7. The third-order valence-electron chi connectivity index (χ3n) is 5.34. The molecule has 1 fully saturated rings. The summed E-state index contributed by atoms with van der Waals surface area (Å²) >= 11 is 3.85. The zero-order chi connectivity index (χ0) is 22.2. The van der Waals surface area contributed by atoms with E-state index in [4.69, 9.17) is 15.2 Å². The van der Waals surface area contributed by atoms with Crippen LogP contribution in [0.15, 0.2) is 42.5 Å². The summed E-state index contributed by atoms with van der Waals surface area (Å²) in [6.07, 6.45) is 2.06. The van der Waals surface area contributed by atoms with E-state index in [1.807, 2.05) is 58.8 Å². The van der Waals surface area contributed by atoms with E-state index in [2.05, 4.69) is 13.8 Å². The van der Waals surface area contributed by atoms with Gasteiger partial charge in [0.05, 0.1) is 23.3 Å². The number of methoxy groups -OCH3 is 1. The predicted octanol–water partition coefficient (Wildman–Crippen LogP) is 5.29. The highest BCUT2D eigenvalue weighted by Crippen LogP contribution is 2.38. The molecule has 31 heavy (non-hydrogen) atoms. The third-order valence-corrected chi connectivity index (χ3v) is 8.11. The number of anilines is 1. The average Bonchev–Trinajstić information content (AvgIpc) is 3.27. The second-order valence-corrected chi connectivity index (χ2v) is 10.5. The molecule has 2 aromatic rings. The summed E-state index contributed by atoms with van der Waals surface area (Å²) in [7, 11) is 1.58. The van der Waals surface area contributed by atoms with Crippen LogP contribution in [0, 0.1) is 0 Å². The Balaban J connectivity index is 1.80. The molecule has 1 aliphatic heterocycles. The maximum absolute atomic E-state index is 13.5. The van der Waals surface area contributed by atoms with Gasteiger partial charge >= 0.3 is 0 Å². The predicted molar refractivity (Wildman–Crippen MR) is 132 cm³/mol. The highest BCUT2D eigenvalue weighted by molar-refractivity contribution is 8.17. The quantitative estimate of drug-likeness (QED) is 0.384. The molecule has 1 atom stereocenters. The van der Waals surface area contributed by atoms with Crippen molar-refractivity contribution < 1.29 is 14.3 Å². The molecule has 3 rings (SSSR count). The Bertz CT molecular complexity index is 857. The van der Waals surface area contributed by atoms with Crippen LogP contribution in [-0.2, 0) is 6.61 Å². The van der Waals surface area contributed by atoms with Crippen LogP contribution >= 0.6 is 23.5 Å². The van der Waals surface area contributed by atoms with Crippen LogP contribution in [0.2, 0.25) is 0 Å². The van der Waals surface area contributed by atoms with Crippen LogP contribution in [0.1, 0.15) is 42.6 Å². The lowest BCUT2D eigenvalue weighted by atomic mass is 10.1. The lowest BCUT2D eigenvalue weighted by Crippen LogP contribution is -2.41. The Kier molecular flexibility index (Phi) is 8.84. The van der Waals surface area contributed by atoms with Crippen LogP contribution < -0.4 is 15.2 Å². The summed E-state index contributed by atoms with van der Waals surface area (Å²) < 4.78 is 11.9. The molecule has 0 aliphatic carbocycles. The van der Waals surface area contributed by atoms with Crippen molar-refractivity contribution in [3.8, 4) is 11.5 Å². The van der Waals surface area contributed by atoms with Crippen LogP contribution in [0.25, 0.3) is 0 Å². The Labute approximate surface area is 194 Å². The number of thioether (sulfide) groups is 2. The molecule has 1 heterocycles. The smallest absolute Gasteiger partial charge is 0.256 e. The monoisotopic (exact) mass is 460 g/mol. The Morgan fingerprint density at radius 3 is 2.52 bits per heavy atom. The summed E-state index contributed by atoms with van der Waals surface area (Å²) in [6, 6.07) is 13.6. The molecule has 0 radical (unpaired) electrons. The molecule has 1 saturated heterocycles. The van der Waals surface area contributed by atoms with Gasteiger partial charge in [-0.1, -0.05) is 44.2 Å². The summed E-state index contributed by atoms with van der Waals surface area (Å²) in [4.78, 5) is 15.5. The standard InChI is InChI=1S/C24H32N2O3S2/c1-4-30-24(31-5-2)20-12-9-13-26(20)23(27)18-14-21(28-3)22(15-19(18)25)29-16-17-10-7-6-8-11-17/h6-8,10-11,14-15,20,24H,4-5,9,12-13,16,25H2,1-3H3/t20-/m0/s1. The molecule has 0 bridgehead atoms. The number of hydrogen-bond acceptors (Lipinski definition) is 6. The number of nitrogens with two attached hydrogens (primary N) is 1. The number of nitrogen functional groups attached to an aromatic ring is 1. The molecular formula is C24H32N2O3S2. The van der Waals surface area contributed by atoms with Crippen molar-refractivity contribution in [2.45, 2.75) is 43.9 Å². The maximum atomic E-state index is 13.5. The number of rotatable bonds is 10. The van der Waals surface area contributed by atoms with Gasteiger partial charge in [-0.25, -0.2) is 0 Å². The lowest BCUT2D eigenvalue weighted by Gasteiger charge is -2.31. The number of amides is 1. The molecule has 2 aromatic carbocycles. The molecule has 0 saturated carbocycles. The minimum Gasteiger partial charge on any atom is -0.493 e. The van der Waals surface area contributed by atoms with Crippen molar-refractivity contribution >= 4 is 35.1 Å². The molecule has 168 valence electrons. The fraction of sp³-hybridized carbons (Fsp3) is 0.458. The summed E-state index contributed by atoms with van der Waals surface area (Å²) in [5.41, 5.74) is 8.28. The molecule has 7 heteroatoms. The van der Waals surface area contributed by atoms with E-state index in [0.29, 0.717) is 33.9 Å². The van der Waals surface area contributed by atoms with E-state index in [1.165, 1.54) is 0 Å². The SMILES string of the molecule is CCSC(SCC)[C@@H]1CCCN1C(=O)c1cc(OC)c(OCc2ccccc2)cc1N. The van der Waals surface area contributed by atoms with Crippen molar-refractivity contribution in [2.24, 2.45) is 0 Å². The number of hydrogen-bond donors (Lipinski definition) is 1. The summed E-state index contributed by atoms with van der Waals surface area (Å²) in [5.74, 6) is 3.12. The Hall–Kier alpha value is -1.99. The van der Waals surface area contributed by atoms with Gasteiger partial charge in [-0.3, -0.25) is 4.79 Å². The van der Waals surface area contributed by atoms with E-state index in [1.54, 1.807) is 19.2 Å². The zero-order valence-electron chi connectivity index (χ0n) is 18.5. The van der Waals surface area contributed by atoms with Gasteiger partial charge in [0.15, 0.2) is 11.5 Å². The average molecular weight is 461 g/mol. The van der Waals surface area contributed by atoms with Gasteiger partial charge in [-0.05, 0) is 36.0 Å². The van der Waals surface area contributed by atoms with E-state index in [-0.39, 0.29) is 11.9 Å². The number of nitrogens with zero attached hydrogens (tertiary/aromatic N) is 1. The zero-order valence-corrected chi connectivity index (χ0v) is 20.1.